The molecule has 0 saturated heterocycles. The van der Waals surface area contributed by atoms with E-state index in [0.29, 0.717) is 29.9 Å². The van der Waals surface area contributed by atoms with E-state index in [1.54, 1.807) is 18.5 Å². The topological polar surface area (TPSA) is 56.3 Å². The van der Waals surface area contributed by atoms with E-state index in [1.165, 1.54) is 0 Å². The Morgan fingerprint density at radius 2 is 1.79 bits per heavy atom. The molecule has 28 heavy (non-hydrogen) atoms. The molecule has 1 unspecified atom stereocenters. The summed E-state index contributed by atoms with van der Waals surface area (Å²) in [6.45, 7) is 2.30. The van der Waals surface area contributed by atoms with Crippen LogP contribution in [0.2, 0.25) is 0 Å². The van der Waals surface area contributed by atoms with Crippen molar-refractivity contribution in [2.45, 2.75) is 25.7 Å². The molecule has 1 atom stereocenters. The molecule has 1 aliphatic rings. The molecule has 1 aromatic heterocycles. The number of fused-ring (bicyclic) bond motifs is 1. The zero-order chi connectivity index (χ0) is 19.5. The van der Waals surface area contributed by atoms with Gasteiger partial charge in [0.1, 0.15) is 5.75 Å². The molecule has 4 rings (SSSR count). The van der Waals surface area contributed by atoms with Crippen molar-refractivity contribution < 1.29 is 14.3 Å². The van der Waals surface area contributed by atoms with Crippen molar-refractivity contribution in [3.63, 3.8) is 0 Å². The normalized spacial score (nSPS) is 15.0. The molecule has 0 fully saturated rings. The maximum atomic E-state index is 12.9. The molecule has 0 bridgehead atoms. The molecular formula is C24H21NO3. The van der Waals surface area contributed by atoms with E-state index in [9.17, 15) is 9.59 Å². The Hall–Kier alpha value is -3.27. The van der Waals surface area contributed by atoms with Crippen molar-refractivity contribution in [3.8, 4) is 5.75 Å². The van der Waals surface area contributed by atoms with Gasteiger partial charge in [-0.25, -0.2) is 0 Å². The zero-order valence-corrected chi connectivity index (χ0v) is 15.7. The van der Waals surface area contributed by atoms with E-state index in [-0.39, 0.29) is 23.9 Å². The second-order valence-electron chi connectivity index (χ2n) is 6.95. The second-order valence-corrected chi connectivity index (χ2v) is 6.95. The Morgan fingerprint density at radius 1 is 1.04 bits per heavy atom. The van der Waals surface area contributed by atoms with Crippen LogP contribution in [0.1, 0.15) is 56.7 Å². The standard InChI is InChI=1S/C24H21NO3/c1-2-22(26)20-14-18(23(27)12-16-8-10-25-11-9-16)13-19-21(15-28-24(19)20)17-6-4-3-5-7-17/h3-11,13-14,21H,2,12,15H2,1H3. The van der Waals surface area contributed by atoms with Gasteiger partial charge in [-0.3, -0.25) is 14.6 Å². The van der Waals surface area contributed by atoms with Crippen LogP contribution in [0.5, 0.6) is 5.75 Å². The Balaban J connectivity index is 1.76. The third kappa shape index (κ3) is 3.46. The molecule has 0 spiro atoms. The van der Waals surface area contributed by atoms with Crippen LogP contribution < -0.4 is 4.74 Å². The third-order valence-corrected chi connectivity index (χ3v) is 5.15. The van der Waals surface area contributed by atoms with Crippen molar-refractivity contribution in [1.29, 1.82) is 0 Å². The summed E-state index contributed by atoms with van der Waals surface area (Å²) in [6, 6.07) is 17.3. The molecule has 0 N–H and O–H groups in total. The molecule has 0 saturated carbocycles. The van der Waals surface area contributed by atoms with Gasteiger partial charge >= 0.3 is 0 Å². The molecule has 140 valence electrons. The first-order valence-electron chi connectivity index (χ1n) is 9.48. The van der Waals surface area contributed by atoms with Crippen molar-refractivity contribution in [1.82, 2.24) is 4.98 Å². The number of carbonyl (C=O) groups excluding carboxylic acids is 2. The van der Waals surface area contributed by atoms with Gasteiger partial charge in [-0.1, -0.05) is 37.3 Å². The molecule has 2 heterocycles. The van der Waals surface area contributed by atoms with Gasteiger partial charge < -0.3 is 4.74 Å². The minimum absolute atomic E-state index is 0.0106. The zero-order valence-electron chi connectivity index (χ0n) is 15.7. The van der Waals surface area contributed by atoms with E-state index in [4.69, 9.17) is 4.74 Å². The van der Waals surface area contributed by atoms with E-state index >= 15 is 0 Å². The lowest BCUT2D eigenvalue weighted by Gasteiger charge is -2.12. The second kappa shape index (κ2) is 7.77. The molecule has 0 aliphatic carbocycles. The van der Waals surface area contributed by atoms with Crippen LogP contribution in [-0.2, 0) is 6.42 Å². The number of rotatable bonds is 6. The number of benzene rings is 2. The number of hydrogen-bond acceptors (Lipinski definition) is 4. The molecular weight excluding hydrogens is 350 g/mol. The highest BCUT2D eigenvalue weighted by Crippen LogP contribution is 2.41. The number of hydrogen-bond donors (Lipinski definition) is 0. The number of ketones is 2. The van der Waals surface area contributed by atoms with Gasteiger partial charge in [0.05, 0.1) is 12.2 Å². The fourth-order valence-corrected chi connectivity index (χ4v) is 3.64. The van der Waals surface area contributed by atoms with Crippen LogP contribution in [0.3, 0.4) is 0 Å². The lowest BCUT2D eigenvalue weighted by atomic mass is 9.88. The fourth-order valence-electron chi connectivity index (χ4n) is 3.64. The van der Waals surface area contributed by atoms with Gasteiger partial charge in [-0.15, -0.1) is 0 Å². The molecule has 0 radical (unpaired) electrons. The van der Waals surface area contributed by atoms with E-state index < -0.39 is 0 Å². The molecule has 3 aromatic rings. The van der Waals surface area contributed by atoms with Gasteiger partial charge in [-0.2, -0.15) is 0 Å². The predicted molar refractivity (Wildman–Crippen MR) is 107 cm³/mol. The summed E-state index contributed by atoms with van der Waals surface area (Å²) in [6.07, 6.45) is 4.00. The summed E-state index contributed by atoms with van der Waals surface area (Å²) in [4.78, 5) is 29.5. The summed E-state index contributed by atoms with van der Waals surface area (Å²) in [7, 11) is 0. The maximum absolute atomic E-state index is 12.9. The summed E-state index contributed by atoms with van der Waals surface area (Å²) in [5.74, 6) is 0.621. The number of carbonyl (C=O) groups is 2. The first-order valence-corrected chi connectivity index (χ1v) is 9.48. The molecule has 4 heteroatoms. The van der Waals surface area contributed by atoms with E-state index in [0.717, 1.165) is 16.7 Å². The van der Waals surface area contributed by atoms with Crippen molar-refractivity contribution >= 4 is 11.6 Å². The molecule has 2 aromatic carbocycles. The van der Waals surface area contributed by atoms with Crippen LogP contribution in [0, 0.1) is 0 Å². The lowest BCUT2D eigenvalue weighted by molar-refractivity contribution is 0.0985. The highest BCUT2D eigenvalue weighted by Gasteiger charge is 2.31. The molecule has 1 aliphatic heterocycles. The van der Waals surface area contributed by atoms with Gasteiger partial charge in [0.15, 0.2) is 11.6 Å². The Bertz CT molecular complexity index is 1010. The summed E-state index contributed by atoms with van der Waals surface area (Å²) < 4.78 is 5.93. The Kier molecular flexibility index (Phi) is 5.02. The summed E-state index contributed by atoms with van der Waals surface area (Å²) in [5.41, 5.74) is 4.01. The van der Waals surface area contributed by atoms with Crippen LogP contribution in [0.15, 0.2) is 67.0 Å². The van der Waals surface area contributed by atoms with Crippen molar-refractivity contribution in [3.05, 3.63) is 94.8 Å². The Labute approximate surface area is 164 Å². The minimum atomic E-state index is -0.0159. The SMILES string of the molecule is CCC(=O)c1cc(C(=O)Cc2ccncc2)cc2c1OCC2c1ccccc1. The lowest BCUT2D eigenvalue weighted by Crippen LogP contribution is -2.08. The van der Waals surface area contributed by atoms with Crippen molar-refractivity contribution in [2.24, 2.45) is 0 Å². The predicted octanol–water partition coefficient (Wildman–Crippen LogP) is 4.62. The highest BCUT2D eigenvalue weighted by molar-refractivity contribution is 6.04. The smallest absolute Gasteiger partial charge is 0.167 e. The Morgan fingerprint density at radius 3 is 2.50 bits per heavy atom. The number of aromatic nitrogens is 1. The number of Topliss-reactive ketones (excluding diaryl/α,β-unsaturated/α-hetero) is 2. The molecule has 0 amide bonds. The minimum Gasteiger partial charge on any atom is -0.492 e. The number of ether oxygens (including phenoxy) is 1. The quantitative estimate of drug-likeness (QED) is 0.593. The first kappa shape index (κ1) is 18.1. The summed E-state index contributed by atoms with van der Waals surface area (Å²) >= 11 is 0. The molecule has 4 nitrogen and oxygen atoms in total. The maximum Gasteiger partial charge on any atom is 0.167 e. The van der Waals surface area contributed by atoms with E-state index in [2.05, 4.69) is 17.1 Å². The first-order chi connectivity index (χ1) is 13.7. The van der Waals surface area contributed by atoms with Crippen LogP contribution in [0.25, 0.3) is 0 Å². The highest BCUT2D eigenvalue weighted by atomic mass is 16.5. The third-order valence-electron chi connectivity index (χ3n) is 5.15. The van der Waals surface area contributed by atoms with Gasteiger partial charge in [0, 0.05) is 42.3 Å². The fraction of sp³-hybridized carbons (Fsp3) is 0.208. The summed E-state index contributed by atoms with van der Waals surface area (Å²) in [5, 5.41) is 0. The van der Waals surface area contributed by atoms with Crippen LogP contribution in [0.4, 0.5) is 0 Å². The van der Waals surface area contributed by atoms with Crippen molar-refractivity contribution in [2.75, 3.05) is 6.61 Å². The average molecular weight is 371 g/mol. The number of nitrogens with zero attached hydrogens (tertiary/aromatic N) is 1. The van der Waals surface area contributed by atoms with E-state index in [1.807, 2.05) is 43.3 Å². The van der Waals surface area contributed by atoms with Gasteiger partial charge in [0.25, 0.3) is 0 Å². The largest absolute Gasteiger partial charge is 0.492 e. The monoisotopic (exact) mass is 371 g/mol. The van der Waals surface area contributed by atoms with Crippen LogP contribution in [-0.4, -0.2) is 23.2 Å². The number of pyridine rings is 1. The van der Waals surface area contributed by atoms with Crippen LogP contribution >= 0.6 is 0 Å². The average Bonchev–Trinajstić information content (AvgIpc) is 3.18. The van der Waals surface area contributed by atoms with Gasteiger partial charge in [0.2, 0.25) is 0 Å². The van der Waals surface area contributed by atoms with Gasteiger partial charge in [-0.05, 0) is 35.4 Å².